The Morgan fingerprint density at radius 2 is 1.44 bits per heavy atom. The molecule has 0 saturated carbocycles. The number of benzene rings is 2. The maximum absolute atomic E-state index is 9.06. The van der Waals surface area contributed by atoms with Gasteiger partial charge in [-0.2, -0.15) is 0 Å². The van der Waals surface area contributed by atoms with Gasteiger partial charge in [0, 0.05) is 5.56 Å². The average molecular weight is 239 g/mol. The maximum Gasteiger partial charge on any atom is 0.154 e. The first kappa shape index (κ1) is 11.9. The highest BCUT2D eigenvalue weighted by Crippen LogP contribution is 2.11. The maximum atomic E-state index is 9.06. The molecule has 2 aromatic rings. The fourth-order valence-electron chi connectivity index (χ4n) is 1.55. The van der Waals surface area contributed by atoms with E-state index in [0.29, 0.717) is 5.69 Å². The second-order valence-electron chi connectivity index (χ2n) is 3.65. The summed E-state index contributed by atoms with van der Waals surface area (Å²) >= 11 is 0. The fraction of sp³-hybridized carbons (Fsp3) is 0. The van der Waals surface area contributed by atoms with Gasteiger partial charge in [-0.05, 0) is 12.1 Å². The summed E-state index contributed by atoms with van der Waals surface area (Å²) in [6, 6.07) is 18.5. The number of para-hydroxylation sites is 1. The Hall–Kier alpha value is -2.62. The van der Waals surface area contributed by atoms with Crippen molar-refractivity contribution in [1.29, 1.82) is 0 Å². The third kappa shape index (κ3) is 2.74. The number of nitrogens with zero attached hydrogens (tertiary/aromatic N) is 2. The zero-order chi connectivity index (χ0) is 12.8. The summed E-state index contributed by atoms with van der Waals surface area (Å²) < 4.78 is 0. The van der Waals surface area contributed by atoms with Crippen LogP contribution in [0.5, 0.6) is 0 Å². The normalized spacial score (nSPS) is 12.4. The van der Waals surface area contributed by atoms with Crippen molar-refractivity contribution in [3.05, 3.63) is 66.2 Å². The molecular weight excluding hydrogens is 226 g/mol. The van der Waals surface area contributed by atoms with Crippen LogP contribution >= 0.6 is 0 Å². The molecule has 0 saturated heterocycles. The summed E-state index contributed by atoms with van der Waals surface area (Å²) in [5.41, 5.74) is 7.55. The van der Waals surface area contributed by atoms with Gasteiger partial charge in [0.25, 0.3) is 0 Å². The van der Waals surface area contributed by atoms with Crippen LogP contribution in [-0.2, 0) is 0 Å². The molecule has 0 heterocycles. The van der Waals surface area contributed by atoms with E-state index in [0.717, 1.165) is 5.56 Å². The largest absolute Gasteiger partial charge is 0.410 e. The van der Waals surface area contributed by atoms with Crippen molar-refractivity contribution < 1.29 is 5.21 Å². The Morgan fingerprint density at radius 1 is 0.889 bits per heavy atom. The van der Waals surface area contributed by atoms with Gasteiger partial charge in [0.1, 0.15) is 0 Å². The lowest BCUT2D eigenvalue weighted by atomic mass is 10.1. The van der Waals surface area contributed by atoms with E-state index in [9.17, 15) is 0 Å². The summed E-state index contributed by atoms with van der Waals surface area (Å²) in [5.74, 6) is 0.176. The summed E-state index contributed by atoms with van der Waals surface area (Å²) in [5, 5.41) is 12.3. The van der Waals surface area contributed by atoms with E-state index in [-0.39, 0.29) is 11.5 Å². The predicted octanol–water partition coefficient (Wildman–Crippen LogP) is 2.55. The molecule has 0 aliphatic rings. The molecule has 0 amide bonds. The molecule has 18 heavy (non-hydrogen) atoms. The van der Waals surface area contributed by atoms with Crippen LogP contribution in [0.1, 0.15) is 5.56 Å². The molecule has 4 nitrogen and oxygen atoms in total. The Kier molecular flexibility index (Phi) is 3.71. The van der Waals surface area contributed by atoms with Crippen LogP contribution in [-0.4, -0.2) is 16.8 Å². The summed E-state index contributed by atoms with van der Waals surface area (Å²) in [6.45, 7) is 0. The predicted molar refractivity (Wildman–Crippen MR) is 72.5 cm³/mol. The van der Waals surface area contributed by atoms with Crippen LogP contribution < -0.4 is 5.73 Å². The monoisotopic (exact) mass is 239 g/mol. The highest BCUT2D eigenvalue weighted by atomic mass is 16.4. The SMILES string of the molecule is NC(=Nc1ccccc1)/C(=N/O)c1ccccc1. The lowest BCUT2D eigenvalue weighted by molar-refractivity contribution is 0.320. The molecule has 2 rings (SSSR count). The van der Waals surface area contributed by atoms with Gasteiger partial charge in [0.15, 0.2) is 11.5 Å². The topological polar surface area (TPSA) is 71.0 Å². The first-order valence-corrected chi connectivity index (χ1v) is 5.48. The smallest absolute Gasteiger partial charge is 0.154 e. The molecule has 4 heteroatoms. The second kappa shape index (κ2) is 5.63. The van der Waals surface area contributed by atoms with Crippen LogP contribution in [0.3, 0.4) is 0 Å². The molecule has 0 atom stereocenters. The number of hydrogen-bond acceptors (Lipinski definition) is 3. The number of aliphatic imine (C=N–C) groups is 1. The van der Waals surface area contributed by atoms with Gasteiger partial charge in [-0.15, -0.1) is 0 Å². The number of oxime groups is 1. The van der Waals surface area contributed by atoms with Crippen LogP contribution in [0.15, 0.2) is 70.8 Å². The molecule has 3 N–H and O–H groups in total. The van der Waals surface area contributed by atoms with Crippen molar-refractivity contribution in [3.8, 4) is 0 Å². The minimum Gasteiger partial charge on any atom is -0.410 e. The van der Waals surface area contributed by atoms with Gasteiger partial charge in [0.05, 0.1) is 5.69 Å². The highest BCUT2D eigenvalue weighted by molar-refractivity contribution is 6.47. The van der Waals surface area contributed by atoms with Gasteiger partial charge in [0.2, 0.25) is 0 Å². The first-order chi connectivity index (χ1) is 8.81. The Labute approximate surface area is 105 Å². The average Bonchev–Trinajstić information content (AvgIpc) is 2.42. The molecule has 0 fully saturated rings. The Morgan fingerprint density at radius 3 is 2.00 bits per heavy atom. The number of nitrogens with two attached hydrogens (primary N) is 1. The van der Waals surface area contributed by atoms with Gasteiger partial charge >= 0.3 is 0 Å². The van der Waals surface area contributed by atoms with Crippen LogP contribution in [0.4, 0.5) is 5.69 Å². The van der Waals surface area contributed by atoms with Gasteiger partial charge in [-0.3, -0.25) is 0 Å². The number of hydrogen-bond donors (Lipinski definition) is 2. The summed E-state index contributed by atoms with van der Waals surface area (Å²) in [7, 11) is 0. The van der Waals surface area contributed by atoms with Gasteiger partial charge in [-0.25, -0.2) is 4.99 Å². The first-order valence-electron chi connectivity index (χ1n) is 5.48. The van der Waals surface area contributed by atoms with Gasteiger partial charge in [-0.1, -0.05) is 53.7 Å². The number of rotatable bonds is 3. The summed E-state index contributed by atoms with van der Waals surface area (Å²) in [4.78, 5) is 4.21. The molecule has 0 aliphatic carbocycles. The lowest BCUT2D eigenvalue weighted by Crippen LogP contribution is -2.24. The third-order valence-electron chi connectivity index (χ3n) is 2.40. The van der Waals surface area contributed by atoms with E-state index in [2.05, 4.69) is 10.1 Å². The van der Waals surface area contributed by atoms with E-state index in [1.807, 2.05) is 60.7 Å². The molecule has 0 aliphatic heterocycles. The van der Waals surface area contributed by atoms with E-state index in [4.69, 9.17) is 10.9 Å². The lowest BCUT2D eigenvalue weighted by Gasteiger charge is -2.03. The van der Waals surface area contributed by atoms with E-state index >= 15 is 0 Å². The van der Waals surface area contributed by atoms with E-state index in [1.54, 1.807) is 0 Å². The van der Waals surface area contributed by atoms with E-state index < -0.39 is 0 Å². The van der Waals surface area contributed by atoms with Crippen molar-refractivity contribution in [2.24, 2.45) is 15.9 Å². The molecule has 90 valence electrons. The van der Waals surface area contributed by atoms with Crippen LogP contribution in [0.2, 0.25) is 0 Å². The Bertz CT molecular complexity index is 562. The molecular formula is C14H13N3O. The zero-order valence-electron chi connectivity index (χ0n) is 9.69. The molecule has 0 spiro atoms. The molecule has 2 aromatic carbocycles. The molecule has 0 radical (unpaired) electrons. The second-order valence-corrected chi connectivity index (χ2v) is 3.65. The molecule has 0 bridgehead atoms. The van der Waals surface area contributed by atoms with Crippen molar-refractivity contribution in [2.45, 2.75) is 0 Å². The van der Waals surface area contributed by atoms with Crippen LogP contribution in [0.25, 0.3) is 0 Å². The van der Waals surface area contributed by atoms with Crippen molar-refractivity contribution in [3.63, 3.8) is 0 Å². The van der Waals surface area contributed by atoms with Crippen molar-refractivity contribution >= 4 is 17.2 Å². The van der Waals surface area contributed by atoms with Crippen molar-refractivity contribution in [2.75, 3.05) is 0 Å². The fourth-order valence-corrected chi connectivity index (χ4v) is 1.55. The quantitative estimate of drug-likeness (QED) is 0.374. The minimum atomic E-state index is 0.176. The van der Waals surface area contributed by atoms with Gasteiger partial charge < -0.3 is 10.9 Å². The Balaban J connectivity index is 2.33. The van der Waals surface area contributed by atoms with Crippen molar-refractivity contribution in [1.82, 2.24) is 0 Å². The minimum absolute atomic E-state index is 0.176. The summed E-state index contributed by atoms with van der Waals surface area (Å²) in [6.07, 6.45) is 0. The number of amidine groups is 1. The molecule has 0 unspecified atom stereocenters. The standard InChI is InChI=1S/C14H13N3O/c15-14(16-12-9-5-2-6-10-12)13(17-18)11-7-3-1-4-8-11/h1-10,18H,(H2,15,16)/b17-13+. The third-order valence-corrected chi connectivity index (χ3v) is 2.40. The van der Waals surface area contributed by atoms with E-state index in [1.165, 1.54) is 0 Å². The zero-order valence-corrected chi connectivity index (χ0v) is 9.69. The highest BCUT2D eigenvalue weighted by Gasteiger charge is 2.08. The van der Waals surface area contributed by atoms with Crippen LogP contribution in [0, 0.1) is 0 Å². The molecule has 0 aromatic heterocycles.